The van der Waals surface area contributed by atoms with Crippen molar-refractivity contribution in [1.82, 2.24) is 19.7 Å². The van der Waals surface area contributed by atoms with Gasteiger partial charge in [0.25, 0.3) is 0 Å². The van der Waals surface area contributed by atoms with Crippen LogP contribution in [0.4, 0.5) is 11.4 Å². The largest absolute Gasteiger partial charge is 0.396 e. The molecule has 7 nitrogen and oxygen atoms in total. The van der Waals surface area contributed by atoms with Crippen LogP contribution in [0.2, 0.25) is 10.3 Å². The van der Waals surface area contributed by atoms with Gasteiger partial charge in [-0.15, -0.1) is 0 Å². The number of halogens is 2. The second-order valence-corrected chi connectivity index (χ2v) is 4.84. The predicted octanol–water partition coefficient (Wildman–Crippen LogP) is 1.82. The van der Waals surface area contributed by atoms with Gasteiger partial charge in [0.2, 0.25) is 5.91 Å². The van der Waals surface area contributed by atoms with Crippen LogP contribution in [0.25, 0.3) is 0 Å². The molecule has 0 aromatic carbocycles. The number of hydrogen-bond donors (Lipinski definition) is 2. The van der Waals surface area contributed by atoms with Gasteiger partial charge in [-0.05, 0) is 13.8 Å². The van der Waals surface area contributed by atoms with Crippen molar-refractivity contribution in [2.75, 3.05) is 11.1 Å². The molecule has 0 aliphatic heterocycles. The van der Waals surface area contributed by atoms with Crippen molar-refractivity contribution in [3.63, 3.8) is 0 Å². The molecule has 3 N–H and O–H groups in total. The lowest BCUT2D eigenvalue weighted by molar-refractivity contribution is -0.116. The lowest BCUT2D eigenvalue weighted by atomic mass is 10.3. The Balaban J connectivity index is 2.15. The number of carbonyl (C=O) groups excluding carboxylic acids is 1. The van der Waals surface area contributed by atoms with Gasteiger partial charge in [0.1, 0.15) is 18.6 Å². The molecule has 0 aliphatic carbocycles. The third-order valence-electron chi connectivity index (χ3n) is 2.75. The van der Waals surface area contributed by atoms with Crippen molar-refractivity contribution >= 4 is 40.5 Å². The van der Waals surface area contributed by atoms with Gasteiger partial charge in [-0.25, -0.2) is 9.97 Å². The zero-order chi connectivity index (χ0) is 14.9. The number of nitrogens with zero attached hydrogens (tertiary/aromatic N) is 4. The van der Waals surface area contributed by atoms with Gasteiger partial charge in [-0.2, -0.15) is 5.10 Å². The first-order chi connectivity index (χ1) is 9.40. The maximum Gasteiger partial charge on any atom is 0.246 e. The minimum absolute atomic E-state index is 0.00851. The van der Waals surface area contributed by atoms with Gasteiger partial charge in [0.15, 0.2) is 10.3 Å². The lowest BCUT2D eigenvalue weighted by Gasteiger charge is -2.08. The van der Waals surface area contributed by atoms with Crippen molar-refractivity contribution in [3.8, 4) is 0 Å². The Labute approximate surface area is 125 Å². The Morgan fingerprint density at radius 1 is 1.35 bits per heavy atom. The lowest BCUT2D eigenvalue weighted by Crippen LogP contribution is -2.21. The van der Waals surface area contributed by atoms with Crippen molar-refractivity contribution in [1.29, 1.82) is 0 Å². The molecule has 0 spiro atoms. The summed E-state index contributed by atoms with van der Waals surface area (Å²) in [5.74, 6) is -0.353. The summed E-state index contributed by atoms with van der Waals surface area (Å²) in [6.45, 7) is 3.55. The molecule has 2 rings (SSSR count). The molecular formula is C11H12Cl2N6O. The molecule has 0 radical (unpaired) electrons. The molecule has 0 fully saturated rings. The fraction of sp³-hybridized carbons (Fsp3) is 0.273. The van der Waals surface area contributed by atoms with Crippen LogP contribution in [-0.4, -0.2) is 25.7 Å². The van der Waals surface area contributed by atoms with E-state index in [2.05, 4.69) is 20.4 Å². The molecule has 9 heteroatoms. The summed E-state index contributed by atoms with van der Waals surface area (Å²) in [4.78, 5) is 19.5. The van der Waals surface area contributed by atoms with Gasteiger partial charge in [0.05, 0.1) is 17.1 Å². The maximum atomic E-state index is 12.0. The highest BCUT2D eigenvalue weighted by molar-refractivity contribution is 6.38. The topological polar surface area (TPSA) is 98.7 Å². The van der Waals surface area contributed by atoms with E-state index in [-0.39, 0.29) is 28.4 Å². The Morgan fingerprint density at radius 3 is 2.45 bits per heavy atom. The minimum Gasteiger partial charge on any atom is -0.396 e. The molecule has 2 aromatic rings. The van der Waals surface area contributed by atoms with E-state index < -0.39 is 0 Å². The Bertz CT molecular complexity index is 649. The molecule has 2 aromatic heterocycles. The second-order valence-electron chi connectivity index (χ2n) is 4.12. The van der Waals surface area contributed by atoms with E-state index in [1.54, 1.807) is 13.8 Å². The number of carbonyl (C=O) groups is 1. The first-order valence-electron chi connectivity index (χ1n) is 5.65. The van der Waals surface area contributed by atoms with Crippen molar-refractivity contribution in [2.24, 2.45) is 0 Å². The predicted molar refractivity (Wildman–Crippen MR) is 76.8 cm³/mol. The van der Waals surface area contributed by atoms with Crippen LogP contribution >= 0.6 is 23.2 Å². The van der Waals surface area contributed by atoms with E-state index in [1.165, 1.54) is 11.0 Å². The number of aryl methyl sites for hydroxylation is 1. The highest BCUT2D eigenvalue weighted by Gasteiger charge is 2.15. The molecule has 106 valence electrons. The summed E-state index contributed by atoms with van der Waals surface area (Å²) in [5.41, 5.74) is 7.94. The van der Waals surface area contributed by atoms with E-state index in [1.807, 2.05) is 0 Å². The van der Waals surface area contributed by atoms with Gasteiger partial charge < -0.3 is 11.1 Å². The number of aromatic nitrogens is 4. The molecule has 0 saturated carbocycles. The van der Waals surface area contributed by atoms with Gasteiger partial charge >= 0.3 is 0 Å². The smallest absolute Gasteiger partial charge is 0.246 e. The highest BCUT2D eigenvalue weighted by atomic mass is 35.5. The zero-order valence-corrected chi connectivity index (χ0v) is 12.3. The molecule has 2 heterocycles. The van der Waals surface area contributed by atoms with Crippen LogP contribution in [0.15, 0.2) is 6.33 Å². The monoisotopic (exact) mass is 314 g/mol. The molecule has 20 heavy (non-hydrogen) atoms. The van der Waals surface area contributed by atoms with Crippen LogP contribution in [0.3, 0.4) is 0 Å². The van der Waals surface area contributed by atoms with E-state index >= 15 is 0 Å². The third kappa shape index (κ3) is 2.83. The van der Waals surface area contributed by atoms with Crippen molar-refractivity contribution < 1.29 is 4.79 Å². The first-order valence-corrected chi connectivity index (χ1v) is 6.41. The molecule has 1 amide bonds. The Morgan fingerprint density at radius 2 is 1.95 bits per heavy atom. The first kappa shape index (κ1) is 14.5. The van der Waals surface area contributed by atoms with E-state index in [4.69, 9.17) is 28.9 Å². The second kappa shape index (κ2) is 5.64. The number of anilines is 2. The number of nitrogens with one attached hydrogen (secondary N) is 1. The fourth-order valence-electron chi connectivity index (χ4n) is 1.63. The number of rotatable bonds is 3. The minimum atomic E-state index is -0.353. The van der Waals surface area contributed by atoms with Gasteiger partial charge in [-0.1, -0.05) is 23.2 Å². The summed E-state index contributed by atoms with van der Waals surface area (Å²) >= 11 is 11.7. The Kier molecular flexibility index (Phi) is 4.10. The SMILES string of the molecule is Cc1nn(CC(=O)Nc2c(Cl)ncnc2Cl)c(C)c1N. The average Bonchev–Trinajstić information content (AvgIpc) is 2.62. The summed E-state index contributed by atoms with van der Waals surface area (Å²) in [6.07, 6.45) is 1.21. The van der Waals surface area contributed by atoms with E-state index in [9.17, 15) is 4.79 Å². The van der Waals surface area contributed by atoms with Crippen LogP contribution in [0.1, 0.15) is 11.4 Å². The van der Waals surface area contributed by atoms with E-state index in [0.29, 0.717) is 11.4 Å². The van der Waals surface area contributed by atoms with Crippen LogP contribution < -0.4 is 11.1 Å². The van der Waals surface area contributed by atoms with Crippen LogP contribution in [-0.2, 0) is 11.3 Å². The number of amides is 1. The van der Waals surface area contributed by atoms with Crippen LogP contribution in [0, 0.1) is 13.8 Å². The fourth-order valence-corrected chi connectivity index (χ4v) is 2.04. The number of hydrogen-bond acceptors (Lipinski definition) is 5. The third-order valence-corrected chi connectivity index (χ3v) is 3.32. The van der Waals surface area contributed by atoms with E-state index in [0.717, 1.165) is 5.69 Å². The molecule has 0 atom stereocenters. The summed E-state index contributed by atoms with van der Waals surface area (Å²) in [7, 11) is 0. The average molecular weight is 315 g/mol. The molecule has 0 aliphatic rings. The zero-order valence-electron chi connectivity index (χ0n) is 10.8. The molecule has 0 saturated heterocycles. The molecule has 0 bridgehead atoms. The normalized spacial score (nSPS) is 10.6. The quantitative estimate of drug-likeness (QED) is 0.842. The summed E-state index contributed by atoms with van der Waals surface area (Å²) in [6, 6.07) is 0. The Hall–Kier alpha value is -1.86. The molecule has 0 unspecified atom stereocenters. The summed E-state index contributed by atoms with van der Waals surface area (Å²) < 4.78 is 1.51. The molecular weight excluding hydrogens is 303 g/mol. The van der Waals surface area contributed by atoms with Crippen molar-refractivity contribution in [3.05, 3.63) is 28.0 Å². The standard InChI is InChI=1S/C11H12Cl2N6O/c1-5-8(14)6(2)19(18-5)3-7(20)17-9-10(12)15-4-16-11(9)13/h4H,3,14H2,1-2H3,(H,17,20). The van der Waals surface area contributed by atoms with Gasteiger partial charge in [-0.3, -0.25) is 9.48 Å². The number of nitrogens with two attached hydrogens (primary N) is 1. The highest BCUT2D eigenvalue weighted by Crippen LogP contribution is 2.25. The van der Waals surface area contributed by atoms with Crippen LogP contribution in [0.5, 0.6) is 0 Å². The number of nitrogen functional groups attached to an aromatic ring is 1. The van der Waals surface area contributed by atoms with Gasteiger partial charge in [0, 0.05) is 0 Å². The van der Waals surface area contributed by atoms with Crippen molar-refractivity contribution in [2.45, 2.75) is 20.4 Å². The maximum absolute atomic E-state index is 12.0. The summed E-state index contributed by atoms with van der Waals surface area (Å²) in [5, 5.41) is 6.87.